The quantitative estimate of drug-likeness (QED) is 0.882. The summed E-state index contributed by atoms with van der Waals surface area (Å²) in [5.74, 6) is -1.13. The number of benzene rings is 2. The zero-order chi connectivity index (χ0) is 14.0. The zero-order valence-corrected chi connectivity index (χ0v) is 11.2. The third-order valence-corrected chi connectivity index (χ3v) is 3.22. The molecule has 0 aliphatic carbocycles. The highest BCUT2D eigenvalue weighted by Crippen LogP contribution is 2.26. The summed E-state index contributed by atoms with van der Waals surface area (Å²) in [6.45, 7) is 0. The van der Waals surface area contributed by atoms with E-state index in [9.17, 15) is 13.9 Å². The Morgan fingerprint density at radius 1 is 1.11 bits per heavy atom. The van der Waals surface area contributed by atoms with Crippen LogP contribution in [-0.4, -0.2) is 5.11 Å². The molecule has 0 saturated heterocycles. The Kier molecular flexibility index (Phi) is 4.40. The van der Waals surface area contributed by atoms with Crippen molar-refractivity contribution in [3.63, 3.8) is 0 Å². The van der Waals surface area contributed by atoms with Gasteiger partial charge in [-0.05, 0) is 35.4 Å². The first-order valence-corrected chi connectivity index (χ1v) is 6.30. The molecule has 0 aliphatic rings. The molecule has 0 aliphatic heterocycles. The molecule has 0 radical (unpaired) electrons. The lowest BCUT2D eigenvalue weighted by Crippen LogP contribution is -2.04. The Labute approximate surface area is 119 Å². The molecule has 0 amide bonds. The average molecular weight is 303 g/mol. The van der Waals surface area contributed by atoms with Gasteiger partial charge in [0.15, 0.2) is 0 Å². The van der Waals surface area contributed by atoms with Crippen molar-refractivity contribution in [2.75, 3.05) is 0 Å². The van der Waals surface area contributed by atoms with Crippen molar-refractivity contribution in [3.05, 3.63) is 69.2 Å². The molecule has 2 aromatic carbocycles. The lowest BCUT2D eigenvalue weighted by atomic mass is 10.0. The van der Waals surface area contributed by atoms with Gasteiger partial charge in [-0.1, -0.05) is 35.3 Å². The lowest BCUT2D eigenvalue weighted by Gasteiger charge is -2.12. The Balaban J connectivity index is 2.25. The smallest absolute Gasteiger partial charge is 0.145 e. The fourth-order valence-electron chi connectivity index (χ4n) is 1.80. The summed E-state index contributed by atoms with van der Waals surface area (Å²) < 4.78 is 26.9. The highest BCUT2D eigenvalue weighted by Gasteiger charge is 2.14. The van der Waals surface area contributed by atoms with Gasteiger partial charge in [-0.2, -0.15) is 0 Å². The first-order valence-electron chi connectivity index (χ1n) is 5.54. The van der Waals surface area contributed by atoms with Crippen LogP contribution in [0.4, 0.5) is 8.78 Å². The zero-order valence-electron chi connectivity index (χ0n) is 9.71. The van der Waals surface area contributed by atoms with Crippen molar-refractivity contribution in [2.24, 2.45) is 0 Å². The normalized spacial score (nSPS) is 12.5. The van der Waals surface area contributed by atoms with E-state index in [0.717, 1.165) is 6.07 Å². The van der Waals surface area contributed by atoms with Gasteiger partial charge >= 0.3 is 0 Å². The lowest BCUT2D eigenvalue weighted by molar-refractivity contribution is 0.176. The maximum Gasteiger partial charge on any atom is 0.145 e. The van der Waals surface area contributed by atoms with E-state index in [1.807, 2.05) is 0 Å². The molecule has 0 bridgehead atoms. The summed E-state index contributed by atoms with van der Waals surface area (Å²) in [4.78, 5) is 0. The van der Waals surface area contributed by atoms with Crippen molar-refractivity contribution < 1.29 is 13.9 Å². The highest BCUT2D eigenvalue weighted by atomic mass is 35.5. The third kappa shape index (κ3) is 3.44. The van der Waals surface area contributed by atoms with Gasteiger partial charge in [0, 0.05) is 11.4 Å². The summed E-state index contributed by atoms with van der Waals surface area (Å²) in [6.07, 6.45) is -1.06. The molecule has 1 N–H and O–H groups in total. The monoisotopic (exact) mass is 302 g/mol. The van der Waals surface area contributed by atoms with E-state index < -0.39 is 17.7 Å². The van der Waals surface area contributed by atoms with Crippen LogP contribution in [0, 0.1) is 11.6 Å². The minimum absolute atomic E-state index is 0.00776. The molecule has 0 saturated carbocycles. The van der Waals surface area contributed by atoms with Gasteiger partial charge < -0.3 is 5.11 Å². The molecule has 0 heterocycles. The molecular formula is C14H10Cl2F2O. The molecule has 2 aromatic rings. The standard InChI is InChI=1S/C14H10Cl2F2O/c15-10-4-9(5-11(17)7-10)13(19)6-8-2-1-3-12(16)14(8)18/h1-5,7,13,19H,6H2. The van der Waals surface area contributed by atoms with E-state index in [0.29, 0.717) is 5.56 Å². The van der Waals surface area contributed by atoms with Gasteiger partial charge in [-0.3, -0.25) is 0 Å². The second-order valence-electron chi connectivity index (χ2n) is 4.14. The van der Waals surface area contributed by atoms with Gasteiger partial charge in [0.1, 0.15) is 11.6 Å². The minimum atomic E-state index is -1.05. The molecule has 1 atom stereocenters. The fraction of sp³-hybridized carbons (Fsp3) is 0.143. The molecule has 1 unspecified atom stereocenters. The van der Waals surface area contributed by atoms with E-state index in [1.165, 1.54) is 24.3 Å². The van der Waals surface area contributed by atoms with Crippen LogP contribution in [0.2, 0.25) is 10.0 Å². The van der Waals surface area contributed by atoms with Crippen LogP contribution < -0.4 is 0 Å². The van der Waals surface area contributed by atoms with E-state index >= 15 is 0 Å². The summed E-state index contributed by atoms with van der Waals surface area (Å²) in [5.41, 5.74) is 0.560. The fourth-order valence-corrected chi connectivity index (χ4v) is 2.22. The van der Waals surface area contributed by atoms with Crippen LogP contribution in [0.25, 0.3) is 0 Å². The number of halogens is 4. The van der Waals surface area contributed by atoms with Crippen LogP contribution in [0.3, 0.4) is 0 Å². The molecule has 0 spiro atoms. The molecule has 2 rings (SSSR count). The number of hydrogen-bond acceptors (Lipinski definition) is 1. The van der Waals surface area contributed by atoms with Crippen LogP contribution in [0.5, 0.6) is 0 Å². The van der Waals surface area contributed by atoms with E-state index in [1.54, 1.807) is 6.07 Å². The van der Waals surface area contributed by atoms with Gasteiger partial charge in [-0.25, -0.2) is 8.78 Å². The summed E-state index contributed by atoms with van der Waals surface area (Å²) in [7, 11) is 0. The van der Waals surface area contributed by atoms with Gasteiger partial charge in [0.2, 0.25) is 0 Å². The van der Waals surface area contributed by atoms with Crippen molar-refractivity contribution >= 4 is 23.2 Å². The average Bonchev–Trinajstić information content (AvgIpc) is 2.33. The second kappa shape index (κ2) is 5.87. The third-order valence-electron chi connectivity index (χ3n) is 2.71. The highest BCUT2D eigenvalue weighted by molar-refractivity contribution is 6.31. The predicted molar refractivity (Wildman–Crippen MR) is 71.5 cm³/mol. The van der Waals surface area contributed by atoms with Gasteiger partial charge in [0.05, 0.1) is 11.1 Å². The van der Waals surface area contributed by atoms with Gasteiger partial charge in [0.25, 0.3) is 0 Å². The Morgan fingerprint density at radius 2 is 1.84 bits per heavy atom. The molecule has 100 valence electrons. The predicted octanol–water partition coefficient (Wildman–Crippen LogP) is 4.55. The molecule has 1 nitrogen and oxygen atoms in total. The van der Waals surface area contributed by atoms with Gasteiger partial charge in [-0.15, -0.1) is 0 Å². The molecular weight excluding hydrogens is 293 g/mol. The largest absolute Gasteiger partial charge is 0.388 e. The Morgan fingerprint density at radius 3 is 2.53 bits per heavy atom. The van der Waals surface area contributed by atoms with Crippen molar-refractivity contribution in [1.82, 2.24) is 0 Å². The Bertz CT molecular complexity index is 582. The maximum absolute atomic E-state index is 13.7. The number of aliphatic hydroxyl groups is 1. The summed E-state index contributed by atoms with van der Waals surface area (Å²) in [6, 6.07) is 8.28. The van der Waals surface area contributed by atoms with Crippen molar-refractivity contribution in [3.8, 4) is 0 Å². The summed E-state index contributed by atoms with van der Waals surface area (Å²) >= 11 is 11.4. The second-order valence-corrected chi connectivity index (χ2v) is 4.98. The van der Waals surface area contributed by atoms with Crippen molar-refractivity contribution in [1.29, 1.82) is 0 Å². The van der Waals surface area contributed by atoms with E-state index in [2.05, 4.69) is 0 Å². The van der Waals surface area contributed by atoms with E-state index in [-0.39, 0.29) is 22.0 Å². The molecule has 19 heavy (non-hydrogen) atoms. The van der Waals surface area contributed by atoms with Crippen LogP contribution >= 0.6 is 23.2 Å². The first kappa shape index (κ1) is 14.3. The van der Waals surface area contributed by atoms with Crippen molar-refractivity contribution in [2.45, 2.75) is 12.5 Å². The first-order chi connectivity index (χ1) is 8.97. The SMILES string of the molecule is OC(Cc1cccc(Cl)c1F)c1cc(F)cc(Cl)c1. The molecule has 0 fully saturated rings. The number of hydrogen-bond donors (Lipinski definition) is 1. The number of rotatable bonds is 3. The number of aliphatic hydroxyl groups excluding tert-OH is 1. The van der Waals surface area contributed by atoms with Crippen LogP contribution in [0.1, 0.15) is 17.2 Å². The topological polar surface area (TPSA) is 20.2 Å². The molecule has 0 aromatic heterocycles. The Hall–Kier alpha value is -1.16. The molecule has 5 heteroatoms. The van der Waals surface area contributed by atoms with E-state index in [4.69, 9.17) is 23.2 Å². The van der Waals surface area contributed by atoms with Crippen LogP contribution in [-0.2, 0) is 6.42 Å². The van der Waals surface area contributed by atoms with Crippen LogP contribution in [0.15, 0.2) is 36.4 Å². The maximum atomic E-state index is 13.7. The summed E-state index contributed by atoms with van der Waals surface area (Å²) in [5, 5.41) is 10.2. The minimum Gasteiger partial charge on any atom is -0.388 e.